The zero-order valence-electron chi connectivity index (χ0n) is 20.6. The molecule has 8 heteroatoms. The monoisotopic (exact) mass is 507 g/mol. The SMILES string of the molecule is COc1cc(/C(O)=C2\C(=O)C(=O)N(c3cc(C)cc(C)c3)C2c2ccccc2OC)c(OC)cc1Cl. The lowest BCUT2D eigenvalue weighted by Crippen LogP contribution is -2.29. The van der Waals surface area contributed by atoms with E-state index in [1.807, 2.05) is 32.0 Å². The second-order valence-corrected chi connectivity index (χ2v) is 8.85. The Hall–Kier alpha value is -3.97. The van der Waals surface area contributed by atoms with Gasteiger partial charge in [-0.3, -0.25) is 14.5 Å². The number of methoxy groups -OCH3 is 3. The van der Waals surface area contributed by atoms with E-state index in [1.165, 1.54) is 38.4 Å². The summed E-state index contributed by atoms with van der Waals surface area (Å²) in [4.78, 5) is 28.4. The predicted molar refractivity (Wildman–Crippen MR) is 138 cm³/mol. The Morgan fingerprint density at radius 3 is 2.08 bits per heavy atom. The number of carbonyl (C=O) groups excluding carboxylic acids is 2. The largest absolute Gasteiger partial charge is 0.507 e. The summed E-state index contributed by atoms with van der Waals surface area (Å²) in [5, 5.41) is 11.8. The second-order valence-electron chi connectivity index (χ2n) is 8.44. The quantitative estimate of drug-likeness (QED) is 0.265. The van der Waals surface area contributed by atoms with Crippen LogP contribution in [0.15, 0.2) is 60.2 Å². The van der Waals surface area contributed by atoms with Gasteiger partial charge in [0.15, 0.2) is 0 Å². The molecule has 1 atom stereocenters. The topological polar surface area (TPSA) is 85.3 Å². The van der Waals surface area contributed by atoms with Gasteiger partial charge in [0.2, 0.25) is 0 Å². The minimum absolute atomic E-state index is 0.105. The van der Waals surface area contributed by atoms with Crippen LogP contribution < -0.4 is 19.1 Å². The molecule has 0 saturated carbocycles. The smallest absolute Gasteiger partial charge is 0.300 e. The molecule has 36 heavy (non-hydrogen) atoms. The van der Waals surface area contributed by atoms with E-state index in [0.29, 0.717) is 17.0 Å². The third-order valence-electron chi connectivity index (χ3n) is 6.09. The van der Waals surface area contributed by atoms with Crippen LogP contribution in [0.5, 0.6) is 17.2 Å². The molecule has 0 spiro atoms. The van der Waals surface area contributed by atoms with Crippen molar-refractivity contribution in [3.8, 4) is 17.2 Å². The number of carbonyl (C=O) groups is 2. The van der Waals surface area contributed by atoms with E-state index in [4.69, 9.17) is 25.8 Å². The maximum Gasteiger partial charge on any atom is 0.300 e. The third kappa shape index (κ3) is 4.27. The fourth-order valence-electron chi connectivity index (χ4n) is 4.57. The van der Waals surface area contributed by atoms with Gasteiger partial charge < -0.3 is 19.3 Å². The van der Waals surface area contributed by atoms with E-state index >= 15 is 0 Å². The zero-order valence-corrected chi connectivity index (χ0v) is 21.3. The molecule has 1 aliphatic rings. The Kier molecular flexibility index (Phi) is 6.95. The highest BCUT2D eigenvalue weighted by Gasteiger charge is 2.48. The summed E-state index contributed by atoms with van der Waals surface area (Å²) in [7, 11) is 4.36. The Bertz CT molecular complexity index is 1380. The number of benzene rings is 3. The van der Waals surface area contributed by atoms with Crippen molar-refractivity contribution in [1.82, 2.24) is 0 Å². The number of aliphatic hydroxyl groups excluding tert-OH is 1. The molecule has 1 N–H and O–H groups in total. The van der Waals surface area contributed by atoms with Crippen LogP contribution in [0.25, 0.3) is 5.76 Å². The van der Waals surface area contributed by atoms with Crippen molar-refractivity contribution in [2.24, 2.45) is 0 Å². The van der Waals surface area contributed by atoms with Crippen LogP contribution in [0.4, 0.5) is 5.69 Å². The molecular weight excluding hydrogens is 482 g/mol. The first-order chi connectivity index (χ1) is 17.2. The number of hydrogen-bond donors (Lipinski definition) is 1. The number of rotatable bonds is 6. The number of nitrogens with zero attached hydrogens (tertiary/aromatic N) is 1. The minimum atomic E-state index is -0.964. The summed E-state index contributed by atoms with van der Waals surface area (Å²) in [6, 6.07) is 14.7. The van der Waals surface area contributed by atoms with Gasteiger partial charge >= 0.3 is 0 Å². The molecule has 1 unspecified atom stereocenters. The first kappa shape index (κ1) is 25.1. The van der Waals surface area contributed by atoms with Gasteiger partial charge in [-0.2, -0.15) is 0 Å². The van der Waals surface area contributed by atoms with Crippen molar-refractivity contribution in [2.75, 3.05) is 26.2 Å². The van der Waals surface area contributed by atoms with E-state index in [1.54, 1.807) is 24.3 Å². The summed E-state index contributed by atoms with van der Waals surface area (Å²) < 4.78 is 16.3. The number of ketones is 1. The second kappa shape index (κ2) is 9.95. The first-order valence-corrected chi connectivity index (χ1v) is 11.5. The fraction of sp³-hybridized carbons (Fsp3) is 0.214. The van der Waals surface area contributed by atoms with Gasteiger partial charge in [0.05, 0.1) is 43.5 Å². The molecule has 0 aromatic heterocycles. The van der Waals surface area contributed by atoms with E-state index < -0.39 is 23.5 Å². The molecule has 0 bridgehead atoms. The summed E-state index contributed by atoms with van der Waals surface area (Å²) >= 11 is 6.24. The maximum atomic E-state index is 13.5. The van der Waals surface area contributed by atoms with Crippen LogP contribution in [0.1, 0.15) is 28.3 Å². The van der Waals surface area contributed by atoms with Gasteiger partial charge in [-0.25, -0.2) is 0 Å². The highest BCUT2D eigenvalue weighted by molar-refractivity contribution is 6.51. The number of anilines is 1. The normalized spacial score (nSPS) is 16.8. The van der Waals surface area contributed by atoms with Crippen LogP contribution in [0.3, 0.4) is 0 Å². The molecule has 4 rings (SSSR count). The fourth-order valence-corrected chi connectivity index (χ4v) is 4.80. The number of Topliss-reactive ketones (excluding diaryl/α,β-unsaturated/α-hetero) is 1. The average molecular weight is 508 g/mol. The zero-order chi connectivity index (χ0) is 26.1. The Morgan fingerprint density at radius 1 is 0.861 bits per heavy atom. The molecule has 1 heterocycles. The molecule has 1 amide bonds. The van der Waals surface area contributed by atoms with Crippen molar-refractivity contribution in [1.29, 1.82) is 0 Å². The first-order valence-electron chi connectivity index (χ1n) is 11.2. The lowest BCUT2D eigenvalue weighted by atomic mass is 9.94. The summed E-state index contributed by atoms with van der Waals surface area (Å²) in [5.41, 5.74) is 2.98. The molecular formula is C28H26ClNO6. The summed E-state index contributed by atoms with van der Waals surface area (Å²) in [6.45, 7) is 3.83. The number of halogens is 1. The van der Waals surface area contributed by atoms with Crippen molar-refractivity contribution in [3.63, 3.8) is 0 Å². The van der Waals surface area contributed by atoms with Gasteiger partial charge in [0.1, 0.15) is 23.0 Å². The van der Waals surface area contributed by atoms with Gasteiger partial charge in [0.25, 0.3) is 11.7 Å². The molecule has 7 nitrogen and oxygen atoms in total. The molecule has 1 saturated heterocycles. The van der Waals surface area contributed by atoms with Crippen molar-refractivity contribution in [3.05, 3.63) is 87.4 Å². The Balaban J connectivity index is 2.05. The number of amides is 1. The Morgan fingerprint density at radius 2 is 1.47 bits per heavy atom. The van der Waals surface area contributed by atoms with Crippen molar-refractivity contribution < 1.29 is 28.9 Å². The number of hydrogen-bond acceptors (Lipinski definition) is 6. The Labute approximate surface area is 214 Å². The summed E-state index contributed by atoms with van der Waals surface area (Å²) in [6.07, 6.45) is 0. The minimum Gasteiger partial charge on any atom is -0.507 e. The molecule has 186 valence electrons. The lowest BCUT2D eigenvalue weighted by molar-refractivity contribution is -0.132. The molecule has 0 aliphatic carbocycles. The van der Waals surface area contributed by atoms with Gasteiger partial charge in [-0.15, -0.1) is 0 Å². The predicted octanol–water partition coefficient (Wildman–Crippen LogP) is 5.61. The van der Waals surface area contributed by atoms with E-state index in [9.17, 15) is 14.7 Å². The highest BCUT2D eigenvalue weighted by Crippen LogP contribution is 2.47. The molecule has 3 aromatic rings. The maximum absolute atomic E-state index is 13.5. The van der Waals surface area contributed by atoms with Gasteiger partial charge in [0, 0.05) is 17.3 Å². The highest BCUT2D eigenvalue weighted by atomic mass is 35.5. The number of aryl methyl sites for hydroxylation is 2. The van der Waals surface area contributed by atoms with E-state index in [2.05, 4.69) is 0 Å². The summed E-state index contributed by atoms with van der Waals surface area (Å²) in [5.74, 6) is -1.06. The molecule has 1 fully saturated rings. The van der Waals surface area contributed by atoms with Crippen LogP contribution in [-0.2, 0) is 9.59 Å². The van der Waals surface area contributed by atoms with Crippen LogP contribution >= 0.6 is 11.6 Å². The van der Waals surface area contributed by atoms with Gasteiger partial charge in [-0.1, -0.05) is 35.9 Å². The lowest BCUT2D eigenvalue weighted by Gasteiger charge is -2.27. The number of ether oxygens (including phenoxy) is 3. The molecule has 3 aromatic carbocycles. The van der Waals surface area contributed by atoms with E-state index in [-0.39, 0.29) is 27.7 Å². The van der Waals surface area contributed by atoms with Crippen LogP contribution in [-0.4, -0.2) is 38.1 Å². The standard InChI is InChI=1S/C28H26ClNO6/c1-15-10-16(2)12-17(11-15)30-25(18-8-6-7-9-21(18)34-3)24(27(32)28(30)33)26(31)19-13-23(36-5)20(29)14-22(19)35-4/h6-14,25,31H,1-5H3/b26-24+. The number of aliphatic hydroxyl groups is 1. The third-order valence-corrected chi connectivity index (χ3v) is 6.39. The van der Waals surface area contributed by atoms with Crippen molar-refractivity contribution in [2.45, 2.75) is 19.9 Å². The number of para-hydroxylation sites is 1. The molecule has 1 aliphatic heterocycles. The van der Waals surface area contributed by atoms with Crippen LogP contribution in [0, 0.1) is 13.8 Å². The molecule has 0 radical (unpaired) electrons. The van der Waals surface area contributed by atoms with E-state index in [0.717, 1.165) is 11.1 Å². The van der Waals surface area contributed by atoms with Crippen molar-refractivity contribution >= 4 is 34.7 Å². The average Bonchev–Trinajstić information content (AvgIpc) is 3.12. The van der Waals surface area contributed by atoms with Crippen LogP contribution in [0.2, 0.25) is 5.02 Å². The van der Waals surface area contributed by atoms with Gasteiger partial charge in [-0.05, 0) is 49.2 Å².